The van der Waals surface area contributed by atoms with Gasteiger partial charge in [-0.25, -0.2) is 9.78 Å². The maximum atomic E-state index is 12.4. The first-order valence-electron chi connectivity index (χ1n) is 9.97. The summed E-state index contributed by atoms with van der Waals surface area (Å²) >= 11 is 1.23. The van der Waals surface area contributed by atoms with E-state index in [-0.39, 0.29) is 11.7 Å². The van der Waals surface area contributed by atoms with Gasteiger partial charge in [-0.2, -0.15) is 0 Å². The SMILES string of the molecule is CCCCCCCCCn1c(SCC(=O)OCC)nc2c1c(=O)[nH]c(=O)n2C. The molecule has 0 unspecified atom stereocenters. The number of rotatable bonds is 12. The highest BCUT2D eigenvalue weighted by molar-refractivity contribution is 7.99. The maximum Gasteiger partial charge on any atom is 0.329 e. The van der Waals surface area contributed by atoms with E-state index in [1.165, 1.54) is 42.0 Å². The number of esters is 1. The minimum Gasteiger partial charge on any atom is -0.465 e. The summed E-state index contributed by atoms with van der Waals surface area (Å²) in [5, 5.41) is 0.556. The number of hydrogen-bond donors (Lipinski definition) is 1. The predicted molar refractivity (Wildman–Crippen MR) is 111 cm³/mol. The number of imidazole rings is 1. The molecule has 2 heterocycles. The summed E-state index contributed by atoms with van der Waals surface area (Å²) in [6.45, 7) is 4.90. The molecule has 2 aromatic rings. The zero-order chi connectivity index (χ0) is 20.5. The maximum absolute atomic E-state index is 12.4. The van der Waals surface area contributed by atoms with Crippen LogP contribution in [0.4, 0.5) is 0 Å². The Labute approximate surface area is 168 Å². The zero-order valence-electron chi connectivity index (χ0n) is 17.0. The van der Waals surface area contributed by atoms with Gasteiger partial charge in [0.1, 0.15) is 0 Å². The molecule has 0 aliphatic heterocycles. The van der Waals surface area contributed by atoms with E-state index in [0.29, 0.717) is 29.5 Å². The third-order valence-corrected chi connectivity index (χ3v) is 5.53. The molecule has 8 nitrogen and oxygen atoms in total. The molecular weight excluding hydrogens is 380 g/mol. The summed E-state index contributed by atoms with van der Waals surface area (Å²) in [4.78, 5) is 42.8. The molecule has 2 rings (SSSR count). The Balaban J connectivity index is 2.18. The molecule has 0 aliphatic carbocycles. The lowest BCUT2D eigenvalue weighted by Crippen LogP contribution is -2.29. The average molecular weight is 411 g/mol. The molecule has 0 fully saturated rings. The number of hydrogen-bond acceptors (Lipinski definition) is 6. The van der Waals surface area contributed by atoms with E-state index >= 15 is 0 Å². The van der Waals surface area contributed by atoms with Gasteiger partial charge in [0, 0.05) is 13.6 Å². The molecule has 0 aliphatic rings. The van der Waals surface area contributed by atoms with E-state index in [1.54, 1.807) is 14.0 Å². The first kappa shape index (κ1) is 22.3. The van der Waals surface area contributed by atoms with Crippen LogP contribution in [0.3, 0.4) is 0 Å². The number of aromatic amines is 1. The van der Waals surface area contributed by atoms with Crippen LogP contribution in [0.15, 0.2) is 14.7 Å². The molecule has 0 spiro atoms. The van der Waals surface area contributed by atoms with Crippen LogP contribution in [0.1, 0.15) is 58.8 Å². The number of H-pyrrole nitrogens is 1. The van der Waals surface area contributed by atoms with Crippen molar-refractivity contribution >= 4 is 28.9 Å². The van der Waals surface area contributed by atoms with Crippen LogP contribution in [-0.2, 0) is 23.1 Å². The van der Waals surface area contributed by atoms with Crippen molar-refractivity contribution in [1.29, 1.82) is 0 Å². The zero-order valence-corrected chi connectivity index (χ0v) is 17.8. The number of ether oxygens (including phenoxy) is 1. The number of carbonyl (C=O) groups excluding carboxylic acids is 1. The Morgan fingerprint density at radius 1 is 1.11 bits per heavy atom. The minimum absolute atomic E-state index is 0.111. The minimum atomic E-state index is -0.500. The van der Waals surface area contributed by atoms with Crippen LogP contribution in [0, 0.1) is 0 Å². The van der Waals surface area contributed by atoms with E-state index in [1.807, 2.05) is 4.57 Å². The number of aryl methyl sites for hydroxylation is 2. The van der Waals surface area contributed by atoms with Gasteiger partial charge in [0.25, 0.3) is 5.56 Å². The van der Waals surface area contributed by atoms with Crippen LogP contribution in [0.5, 0.6) is 0 Å². The number of carbonyl (C=O) groups is 1. The smallest absolute Gasteiger partial charge is 0.329 e. The van der Waals surface area contributed by atoms with Crippen LogP contribution in [0.2, 0.25) is 0 Å². The van der Waals surface area contributed by atoms with E-state index in [2.05, 4.69) is 16.9 Å². The van der Waals surface area contributed by atoms with Crippen molar-refractivity contribution in [3.63, 3.8) is 0 Å². The predicted octanol–water partition coefficient (Wildman–Crippen LogP) is 2.83. The van der Waals surface area contributed by atoms with Gasteiger partial charge in [0.15, 0.2) is 16.3 Å². The number of nitrogens with zero attached hydrogens (tertiary/aromatic N) is 3. The lowest BCUT2D eigenvalue weighted by Gasteiger charge is -2.08. The Bertz CT molecular complexity index is 900. The van der Waals surface area contributed by atoms with Crippen molar-refractivity contribution in [2.45, 2.75) is 70.5 Å². The topological polar surface area (TPSA) is 99.0 Å². The molecule has 28 heavy (non-hydrogen) atoms. The van der Waals surface area contributed by atoms with Crippen molar-refractivity contribution in [2.75, 3.05) is 12.4 Å². The second-order valence-corrected chi connectivity index (χ2v) is 7.69. The fourth-order valence-electron chi connectivity index (χ4n) is 3.09. The van der Waals surface area contributed by atoms with Gasteiger partial charge < -0.3 is 9.30 Å². The van der Waals surface area contributed by atoms with Crippen molar-refractivity contribution in [2.24, 2.45) is 7.05 Å². The normalized spacial score (nSPS) is 11.2. The number of thioether (sulfide) groups is 1. The fourth-order valence-corrected chi connectivity index (χ4v) is 3.91. The molecule has 9 heteroatoms. The largest absolute Gasteiger partial charge is 0.465 e. The van der Waals surface area contributed by atoms with Gasteiger partial charge in [0.05, 0.1) is 12.4 Å². The second-order valence-electron chi connectivity index (χ2n) is 6.75. The third-order valence-electron chi connectivity index (χ3n) is 4.58. The second kappa shape index (κ2) is 11.1. The molecule has 2 aromatic heterocycles. The summed E-state index contributed by atoms with van der Waals surface area (Å²) in [5.41, 5.74) is -0.237. The van der Waals surface area contributed by atoms with E-state index in [0.717, 1.165) is 19.3 Å². The van der Waals surface area contributed by atoms with E-state index < -0.39 is 11.2 Å². The van der Waals surface area contributed by atoms with Crippen LogP contribution in [0.25, 0.3) is 11.2 Å². The van der Waals surface area contributed by atoms with Crippen molar-refractivity contribution in [3.05, 3.63) is 20.8 Å². The monoisotopic (exact) mass is 410 g/mol. The molecule has 0 saturated heterocycles. The highest BCUT2D eigenvalue weighted by atomic mass is 32.2. The first-order chi connectivity index (χ1) is 13.5. The van der Waals surface area contributed by atoms with E-state index in [9.17, 15) is 14.4 Å². The molecule has 156 valence electrons. The molecule has 0 amide bonds. The Morgan fingerprint density at radius 3 is 2.46 bits per heavy atom. The van der Waals surface area contributed by atoms with Crippen LogP contribution < -0.4 is 11.2 Å². The van der Waals surface area contributed by atoms with Gasteiger partial charge >= 0.3 is 11.7 Å². The molecule has 0 radical (unpaired) electrons. The van der Waals surface area contributed by atoms with E-state index in [4.69, 9.17) is 4.74 Å². The number of aromatic nitrogens is 4. The molecule has 0 aromatic carbocycles. The summed E-state index contributed by atoms with van der Waals surface area (Å²) in [6.07, 6.45) is 8.10. The van der Waals surface area contributed by atoms with Gasteiger partial charge in [-0.05, 0) is 13.3 Å². The van der Waals surface area contributed by atoms with Gasteiger partial charge in [-0.3, -0.25) is 19.1 Å². The summed E-state index contributed by atoms with van der Waals surface area (Å²) in [5.74, 6) is -0.218. The number of fused-ring (bicyclic) bond motifs is 1. The Morgan fingerprint density at radius 2 is 1.79 bits per heavy atom. The van der Waals surface area contributed by atoms with Crippen molar-refractivity contribution in [1.82, 2.24) is 19.1 Å². The summed E-state index contributed by atoms with van der Waals surface area (Å²) < 4.78 is 8.12. The highest BCUT2D eigenvalue weighted by Gasteiger charge is 2.18. The Kier molecular flexibility index (Phi) is 8.82. The molecule has 0 saturated carbocycles. The molecule has 0 bridgehead atoms. The average Bonchev–Trinajstić information content (AvgIpc) is 3.03. The van der Waals surface area contributed by atoms with Crippen molar-refractivity contribution in [3.8, 4) is 0 Å². The standard InChI is InChI=1S/C19H30N4O4S/c1-4-6-7-8-9-10-11-12-23-15-16(22(3)18(26)21-17(15)25)20-19(23)28-13-14(24)27-5-2/h4-13H2,1-3H3,(H,21,25,26). The van der Waals surface area contributed by atoms with Gasteiger partial charge in [0.2, 0.25) is 0 Å². The van der Waals surface area contributed by atoms with Crippen LogP contribution in [-0.4, -0.2) is 37.4 Å². The van der Waals surface area contributed by atoms with Crippen molar-refractivity contribution < 1.29 is 9.53 Å². The van der Waals surface area contributed by atoms with Gasteiger partial charge in [-0.15, -0.1) is 0 Å². The summed E-state index contributed by atoms with van der Waals surface area (Å²) in [7, 11) is 1.57. The first-order valence-corrected chi connectivity index (χ1v) is 11.0. The van der Waals surface area contributed by atoms with Crippen LogP contribution >= 0.6 is 11.8 Å². The Hall–Kier alpha value is -2.03. The number of nitrogens with one attached hydrogen (secondary N) is 1. The lowest BCUT2D eigenvalue weighted by atomic mass is 10.1. The lowest BCUT2D eigenvalue weighted by molar-refractivity contribution is -0.139. The summed E-state index contributed by atoms with van der Waals surface area (Å²) in [6, 6.07) is 0. The molecule has 0 atom stereocenters. The number of unbranched alkanes of at least 4 members (excludes halogenated alkanes) is 6. The molecule has 1 N–H and O–H groups in total. The fraction of sp³-hybridized carbons (Fsp3) is 0.684. The quantitative estimate of drug-likeness (QED) is 0.328. The van der Waals surface area contributed by atoms with Gasteiger partial charge in [-0.1, -0.05) is 57.2 Å². The highest BCUT2D eigenvalue weighted by Crippen LogP contribution is 2.22. The third kappa shape index (κ3) is 5.73. The molecular formula is C19H30N4O4S.